The van der Waals surface area contributed by atoms with E-state index in [1.807, 2.05) is 0 Å². The first-order chi connectivity index (χ1) is 19.9. The first-order valence-electron chi connectivity index (χ1n) is 16.3. The van der Waals surface area contributed by atoms with Crippen LogP contribution in [0.25, 0.3) is 0 Å². The molecular weight excluding hydrogens is 528 g/mol. The summed E-state index contributed by atoms with van der Waals surface area (Å²) in [5.41, 5.74) is 0. The van der Waals surface area contributed by atoms with Crippen LogP contribution in [0.3, 0.4) is 0 Å². The van der Waals surface area contributed by atoms with Crippen LogP contribution in [0.2, 0.25) is 0 Å². The molecule has 9 heteroatoms. The van der Waals surface area contributed by atoms with Gasteiger partial charge in [-0.25, -0.2) is 0 Å². The molecule has 1 aliphatic heterocycles. The van der Waals surface area contributed by atoms with Gasteiger partial charge < -0.3 is 39.4 Å². The van der Waals surface area contributed by atoms with Crippen molar-refractivity contribution in [2.45, 2.75) is 160 Å². The molecule has 0 aromatic carbocycles. The monoisotopic (exact) mass is 588 g/mol. The lowest BCUT2D eigenvalue weighted by atomic mass is 9.99. The molecule has 1 heterocycles. The number of hydrogen-bond acceptors (Lipinski definition) is 9. The molecule has 0 aromatic rings. The molecule has 242 valence electrons. The smallest absolute Gasteiger partial charge is 0.305 e. The summed E-state index contributed by atoms with van der Waals surface area (Å²) in [5.74, 6) is -0.403. The van der Waals surface area contributed by atoms with Crippen molar-refractivity contribution >= 4 is 5.97 Å². The Labute approximate surface area is 248 Å². The fourth-order valence-electron chi connectivity index (χ4n) is 4.81. The number of allylic oxidation sites excluding steroid dienone is 2. The third-order valence-electron chi connectivity index (χ3n) is 7.49. The zero-order valence-electron chi connectivity index (χ0n) is 25.8. The van der Waals surface area contributed by atoms with Crippen LogP contribution in [-0.4, -0.2) is 89.6 Å². The van der Waals surface area contributed by atoms with Crippen LogP contribution in [0.5, 0.6) is 0 Å². The highest BCUT2D eigenvalue weighted by Gasteiger charge is 2.44. The quantitative estimate of drug-likeness (QED) is 0.0628. The van der Waals surface area contributed by atoms with Crippen molar-refractivity contribution in [1.82, 2.24) is 0 Å². The molecule has 1 saturated heterocycles. The Kier molecular flexibility index (Phi) is 23.5. The molecule has 0 aliphatic carbocycles. The van der Waals surface area contributed by atoms with Gasteiger partial charge in [-0.3, -0.25) is 4.79 Å². The highest BCUT2D eigenvalue weighted by atomic mass is 16.7. The van der Waals surface area contributed by atoms with Gasteiger partial charge in [0.25, 0.3) is 0 Å². The van der Waals surface area contributed by atoms with Gasteiger partial charge in [-0.1, -0.05) is 96.6 Å². The number of esters is 1. The third kappa shape index (κ3) is 18.3. The number of rotatable bonds is 26. The van der Waals surface area contributed by atoms with Crippen molar-refractivity contribution in [1.29, 1.82) is 0 Å². The van der Waals surface area contributed by atoms with Crippen molar-refractivity contribution in [3.8, 4) is 0 Å². The first kappa shape index (κ1) is 38.0. The average molecular weight is 589 g/mol. The summed E-state index contributed by atoms with van der Waals surface area (Å²) in [4.78, 5) is 11.8. The highest BCUT2D eigenvalue weighted by molar-refractivity contribution is 5.69. The van der Waals surface area contributed by atoms with Gasteiger partial charge in [0, 0.05) is 13.0 Å². The minimum Gasteiger partial charge on any atom is -0.457 e. The predicted octanol–water partition coefficient (Wildman–Crippen LogP) is 4.96. The summed E-state index contributed by atoms with van der Waals surface area (Å²) in [6.07, 6.45) is 17.6. The van der Waals surface area contributed by atoms with E-state index in [9.17, 15) is 25.2 Å². The van der Waals surface area contributed by atoms with Crippen LogP contribution in [0, 0.1) is 0 Å². The lowest BCUT2D eigenvalue weighted by Crippen LogP contribution is -2.59. The SMILES string of the molecule is CCCCCCCC/C=C\CCCCCCCCCCOCC(COC1OC(CO)C(O)C(O)C1O)OC(=O)CC. The Morgan fingerprint density at radius 2 is 1.32 bits per heavy atom. The lowest BCUT2D eigenvalue weighted by molar-refractivity contribution is -0.305. The Bertz CT molecular complexity index is 643. The van der Waals surface area contributed by atoms with E-state index in [0.717, 1.165) is 12.8 Å². The third-order valence-corrected chi connectivity index (χ3v) is 7.49. The fourth-order valence-corrected chi connectivity index (χ4v) is 4.81. The zero-order valence-corrected chi connectivity index (χ0v) is 25.8. The largest absolute Gasteiger partial charge is 0.457 e. The molecule has 4 N–H and O–H groups in total. The Balaban J connectivity index is 2.07. The van der Waals surface area contributed by atoms with Crippen LogP contribution in [-0.2, 0) is 23.7 Å². The second-order valence-electron chi connectivity index (χ2n) is 11.2. The minimum atomic E-state index is -1.53. The molecule has 6 unspecified atom stereocenters. The van der Waals surface area contributed by atoms with Gasteiger partial charge in [-0.15, -0.1) is 0 Å². The Morgan fingerprint density at radius 1 is 0.756 bits per heavy atom. The van der Waals surface area contributed by atoms with Gasteiger partial charge in [-0.2, -0.15) is 0 Å². The van der Waals surface area contributed by atoms with E-state index in [4.69, 9.17) is 18.9 Å². The Hall–Kier alpha value is -1.07. The van der Waals surface area contributed by atoms with Crippen molar-refractivity contribution in [3.63, 3.8) is 0 Å². The molecule has 0 amide bonds. The summed E-state index contributed by atoms with van der Waals surface area (Å²) < 4.78 is 22.0. The van der Waals surface area contributed by atoms with E-state index in [1.165, 1.54) is 89.9 Å². The van der Waals surface area contributed by atoms with Crippen molar-refractivity contribution in [2.24, 2.45) is 0 Å². The van der Waals surface area contributed by atoms with E-state index in [0.29, 0.717) is 6.61 Å². The predicted molar refractivity (Wildman–Crippen MR) is 159 cm³/mol. The molecule has 41 heavy (non-hydrogen) atoms. The molecule has 1 aliphatic rings. The molecule has 9 nitrogen and oxygen atoms in total. The number of unbranched alkanes of at least 4 members (excludes halogenated alkanes) is 14. The van der Waals surface area contributed by atoms with Gasteiger partial charge in [0.2, 0.25) is 0 Å². The Morgan fingerprint density at radius 3 is 1.88 bits per heavy atom. The summed E-state index contributed by atoms with van der Waals surface area (Å²) in [6, 6.07) is 0. The van der Waals surface area contributed by atoms with Crippen LogP contribution in [0.15, 0.2) is 12.2 Å². The van der Waals surface area contributed by atoms with Gasteiger partial charge in [0.05, 0.1) is 19.8 Å². The number of carbonyl (C=O) groups excluding carboxylic acids is 1. The molecule has 0 spiro atoms. The van der Waals surface area contributed by atoms with E-state index in [2.05, 4.69) is 19.1 Å². The molecule has 1 fully saturated rings. The number of aliphatic hydroxyl groups is 4. The normalized spacial score (nSPS) is 23.7. The lowest BCUT2D eigenvalue weighted by Gasteiger charge is -2.39. The van der Waals surface area contributed by atoms with Crippen LogP contribution in [0.4, 0.5) is 0 Å². The summed E-state index contributed by atoms with van der Waals surface area (Å²) in [7, 11) is 0. The van der Waals surface area contributed by atoms with Gasteiger partial charge in [0.1, 0.15) is 30.5 Å². The van der Waals surface area contributed by atoms with Crippen LogP contribution < -0.4 is 0 Å². The summed E-state index contributed by atoms with van der Waals surface area (Å²) in [6.45, 7) is 3.97. The van der Waals surface area contributed by atoms with Crippen molar-refractivity contribution in [3.05, 3.63) is 12.2 Å². The molecule has 0 saturated carbocycles. The maximum Gasteiger partial charge on any atom is 0.305 e. The van der Waals surface area contributed by atoms with Crippen LogP contribution in [0.1, 0.15) is 123 Å². The maximum absolute atomic E-state index is 11.8. The van der Waals surface area contributed by atoms with Crippen molar-refractivity contribution < 1.29 is 44.2 Å². The van der Waals surface area contributed by atoms with E-state index in [-0.39, 0.29) is 19.6 Å². The number of carbonyl (C=O) groups is 1. The number of hydrogen-bond donors (Lipinski definition) is 4. The van der Waals surface area contributed by atoms with E-state index < -0.39 is 49.4 Å². The standard InChI is InChI=1S/C32H60O9/c1-3-5-6-7-8-9-10-11-12-13-14-15-16-17-18-19-20-21-22-38-24-26(40-28(34)4-2)25-39-32-31(37)30(36)29(35)27(23-33)41-32/h11-12,26-27,29-33,35-37H,3-10,13-25H2,1-2H3/b12-11-. The topological polar surface area (TPSA) is 135 Å². The van der Waals surface area contributed by atoms with Crippen molar-refractivity contribution in [2.75, 3.05) is 26.4 Å². The van der Waals surface area contributed by atoms with E-state index >= 15 is 0 Å². The zero-order chi connectivity index (χ0) is 30.1. The number of ether oxygens (including phenoxy) is 4. The molecule has 1 rings (SSSR count). The van der Waals surface area contributed by atoms with Gasteiger partial charge >= 0.3 is 5.97 Å². The number of aliphatic hydroxyl groups excluding tert-OH is 4. The molecule has 0 aromatic heterocycles. The van der Waals surface area contributed by atoms with Gasteiger partial charge in [-0.05, 0) is 32.1 Å². The fraction of sp³-hybridized carbons (Fsp3) is 0.906. The van der Waals surface area contributed by atoms with E-state index in [1.54, 1.807) is 6.92 Å². The second kappa shape index (κ2) is 25.4. The highest BCUT2D eigenvalue weighted by Crippen LogP contribution is 2.22. The summed E-state index contributed by atoms with van der Waals surface area (Å²) in [5, 5.41) is 39.3. The molecular formula is C32H60O9. The second-order valence-corrected chi connectivity index (χ2v) is 11.2. The maximum atomic E-state index is 11.8. The minimum absolute atomic E-state index is 0.122. The molecule has 0 radical (unpaired) electrons. The average Bonchev–Trinajstić information content (AvgIpc) is 2.98. The van der Waals surface area contributed by atoms with Gasteiger partial charge in [0.15, 0.2) is 6.29 Å². The molecule has 6 atom stereocenters. The summed E-state index contributed by atoms with van der Waals surface area (Å²) >= 11 is 0. The van der Waals surface area contributed by atoms with Crippen LogP contribution >= 0.6 is 0 Å². The molecule has 0 bridgehead atoms. The first-order valence-corrected chi connectivity index (χ1v) is 16.3.